The molecule has 2 aromatic rings. The number of carbonyl (C=O) groups is 1. The Morgan fingerprint density at radius 1 is 1.40 bits per heavy atom. The van der Waals surface area contributed by atoms with Gasteiger partial charge in [0.05, 0.1) is 5.52 Å². The Morgan fingerprint density at radius 2 is 2.25 bits per heavy atom. The lowest BCUT2D eigenvalue weighted by atomic mass is 10.0. The second kappa shape index (κ2) is 5.21. The van der Waals surface area contributed by atoms with Crippen LogP contribution in [0.15, 0.2) is 36.5 Å². The number of nitrogens with two attached hydrogens (primary N) is 1. The average Bonchev–Trinajstić information content (AvgIpc) is 2.96. The lowest BCUT2D eigenvalue weighted by Crippen LogP contribution is -2.33. The third-order valence-corrected chi connectivity index (χ3v) is 4.13. The molecule has 0 spiro atoms. The molecule has 2 atom stereocenters. The van der Waals surface area contributed by atoms with Gasteiger partial charge in [0.1, 0.15) is 0 Å². The van der Waals surface area contributed by atoms with Crippen molar-refractivity contribution in [1.82, 2.24) is 9.88 Å². The highest BCUT2D eigenvalue weighted by Crippen LogP contribution is 2.23. The van der Waals surface area contributed by atoms with E-state index in [1.54, 1.807) is 6.20 Å². The Kier molecular flexibility index (Phi) is 3.40. The minimum absolute atomic E-state index is 0.0896. The highest BCUT2D eigenvalue weighted by Gasteiger charge is 2.29. The number of fused-ring (bicyclic) bond motifs is 1. The molecule has 1 aromatic heterocycles. The molecule has 2 unspecified atom stereocenters. The van der Waals surface area contributed by atoms with E-state index in [0.717, 1.165) is 36.0 Å². The van der Waals surface area contributed by atoms with Crippen LogP contribution in [0, 0.1) is 5.92 Å². The number of benzene rings is 1. The summed E-state index contributed by atoms with van der Waals surface area (Å²) < 4.78 is 0. The average molecular weight is 269 g/mol. The van der Waals surface area contributed by atoms with Crippen LogP contribution in [0.25, 0.3) is 10.9 Å². The topological polar surface area (TPSA) is 59.2 Å². The smallest absolute Gasteiger partial charge is 0.254 e. The number of nitrogens with zero attached hydrogens (tertiary/aromatic N) is 2. The Balaban J connectivity index is 1.90. The van der Waals surface area contributed by atoms with E-state index in [1.807, 2.05) is 42.2 Å². The lowest BCUT2D eigenvalue weighted by Gasteiger charge is -2.19. The largest absolute Gasteiger partial charge is 0.338 e. The SMILES string of the molecule is CC(N)C1CCN(C(=O)c2cccc3ncccc23)C1. The van der Waals surface area contributed by atoms with Crippen LogP contribution in [0.2, 0.25) is 0 Å². The first-order chi connectivity index (χ1) is 9.66. The summed E-state index contributed by atoms with van der Waals surface area (Å²) in [7, 11) is 0. The molecule has 20 heavy (non-hydrogen) atoms. The molecule has 1 saturated heterocycles. The number of hydrogen-bond acceptors (Lipinski definition) is 3. The van der Waals surface area contributed by atoms with Crippen molar-refractivity contribution in [2.24, 2.45) is 11.7 Å². The predicted octanol–water partition coefficient (Wildman–Crippen LogP) is 2.04. The van der Waals surface area contributed by atoms with Gasteiger partial charge in [-0.05, 0) is 37.5 Å². The zero-order valence-electron chi connectivity index (χ0n) is 11.6. The van der Waals surface area contributed by atoms with Crippen molar-refractivity contribution < 1.29 is 4.79 Å². The number of hydrogen-bond donors (Lipinski definition) is 1. The second-order valence-corrected chi connectivity index (χ2v) is 5.53. The van der Waals surface area contributed by atoms with E-state index in [4.69, 9.17) is 5.73 Å². The summed E-state index contributed by atoms with van der Waals surface area (Å²) in [6.07, 6.45) is 2.74. The number of likely N-dealkylation sites (tertiary alicyclic amines) is 1. The summed E-state index contributed by atoms with van der Waals surface area (Å²) >= 11 is 0. The van der Waals surface area contributed by atoms with E-state index < -0.39 is 0 Å². The van der Waals surface area contributed by atoms with Gasteiger partial charge >= 0.3 is 0 Å². The molecule has 2 N–H and O–H groups in total. The molecule has 0 aliphatic carbocycles. The first-order valence-corrected chi connectivity index (χ1v) is 7.05. The monoisotopic (exact) mass is 269 g/mol. The van der Waals surface area contributed by atoms with Gasteiger partial charge in [0.15, 0.2) is 0 Å². The van der Waals surface area contributed by atoms with E-state index >= 15 is 0 Å². The van der Waals surface area contributed by atoms with Crippen molar-refractivity contribution in [3.05, 3.63) is 42.1 Å². The van der Waals surface area contributed by atoms with Crippen LogP contribution in [0.1, 0.15) is 23.7 Å². The maximum absolute atomic E-state index is 12.7. The van der Waals surface area contributed by atoms with Crippen molar-refractivity contribution in [1.29, 1.82) is 0 Å². The Labute approximate surface area is 118 Å². The van der Waals surface area contributed by atoms with Gasteiger partial charge in [-0.3, -0.25) is 9.78 Å². The summed E-state index contributed by atoms with van der Waals surface area (Å²) in [5, 5.41) is 0.921. The van der Waals surface area contributed by atoms with E-state index in [2.05, 4.69) is 4.98 Å². The predicted molar refractivity (Wildman–Crippen MR) is 79.4 cm³/mol. The van der Waals surface area contributed by atoms with Crippen molar-refractivity contribution in [2.45, 2.75) is 19.4 Å². The molecule has 1 aliphatic rings. The first-order valence-electron chi connectivity index (χ1n) is 7.05. The van der Waals surface area contributed by atoms with Crippen LogP contribution in [-0.2, 0) is 0 Å². The third kappa shape index (κ3) is 2.27. The minimum Gasteiger partial charge on any atom is -0.338 e. The summed E-state index contributed by atoms with van der Waals surface area (Å²) in [5.74, 6) is 0.499. The van der Waals surface area contributed by atoms with E-state index in [-0.39, 0.29) is 11.9 Å². The van der Waals surface area contributed by atoms with E-state index in [0.29, 0.717) is 5.92 Å². The van der Waals surface area contributed by atoms with E-state index in [9.17, 15) is 4.79 Å². The number of pyridine rings is 1. The number of amides is 1. The van der Waals surface area contributed by atoms with Crippen LogP contribution in [-0.4, -0.2) is 34.9 Å². The molecule has 1 aromatic carbocycles. The molecule has 4 heteroatoms. The highest BCUT2D eigenvalue weighted by molar-refractivity contribution is 6.06. The van der Waals surface area contributed by atoms with Crippen LogP contribution in [0.5, 0.6) is 0 Å². The van der Waals surface area contributed by atoms with Gasteiger partial charge in [-0.15, -0.1) is 0 Å². The van der Waals surface area contributed by atoms with Gasteiger partial charge in [0.25, 0.3) is 5.91 Å². The fourth-order valence-electron chi connectivity index (χ4n) is 2.86. The van der Waals surface area contributed by atoms with Crippen LogP contribution < -0.4 is 5.73 Å². The van der Waals surface area contributed by atoms with Crippen LogP contribution in [0.3, 0.4) is 0 Å². The van der Waals surface area contributed by atoms with Gasteiger partial charge < -0.3 is 10.6 Å². The maximum atomic E-state index is 12.7. The second-order valence-electron chi connectivity index (χ2n) is 5.53. The van der Waals surface area contributed by atoms with Gasteiger partial charge in [-0.25, -0.2) is 0 Å². The molecular formula is C16H19N3O. The minimum atomic E-state index is 0.0896. The molecule has 0 bridgehead atoms. The highest BCUT2D eigenvalue weighted by atomic mass is 16.2. The van der Waals surface area contributed by atoms with Gasteiger partial charge in [-0.1, -0.05) is 12.1 Å². The number of aromatic nitrogens is 1. The first kappa shape index (κ1) is 13.1. The fourth-order valence-corrected chi connectivity index (χ4v) is 2.86. The fraction of sp³-hybridized carbons (Fsp3) is 0.375. The molecular weight excluding hydrogens is 250 g/mol. The molecule has 0 radical (unpaired) electrons. The van der Waals surface area contributed by atoms with Gasteiger partial charge in [-0.2, -0.15) is 0 Å². The van der Waals surface area contributed by atoms with Crippen LogP contribution in [0.4, 0.5) is 0 Å². The summed E-state index contributed by atoms with van der Waals surface area (Å²) in [6, 6.07) is 9.67. The molecule has 0 saturated carbocycles. The molecule has 2 heterocycles. The molecule has 3 rings (SSSR count). The van der Waals surface area contributed by atoms with E-state index in [1.165, 1.54) is 0 Å². The Hall–Kier alpha value is -1.94. The van der Waals surface area contributed by atoms with Crippen molar-refractivity contribution >= 4 is 16.8 Å². The maximum Gasteiger partial charge on any atom is 0.254 e. The standard InChI is InChI=1S/C16H19N3O/c1-11(17)12-7-9-19(10-12)16(20)14-4-2-6-15-13(14)5-3-8-18-15/h2-6,8,11-12H,7,9-10,17H2,1H3. The summed E-state index contributed by atoms with van der Waals surface area (Å²) in [6.45, 7) is 3.56. The molecule has 104 valence electrons. The molecule has 1 amide bonds. The zero-order chi connectivity index (χ0) is 14.1. The van der Waals surface area contributed by atoms with Gasteiger partial charge in [0.2, 0.25) is 0 Å². The van der Waals surface area contributed by atoms with Crippen LogP contribution >= 0.6 is 0 Å². The Morgan fingerprint density at radius 3 is 3.00 bits per heavy atom. The molecule has 1 fully saturated rings. The van der Waals surface area contributed by atoms with Crippen molar-refractivity contribution in [2.75, 3.05) is 13.1 Å². The van der Waals surface area contributed by atoms with Crippen molar-refractivity contribution in [3.8, 4) is 0 Å². The zero-order valence-corrected chi connectivity index (χ0v) is 11.6. The quantitative estimate of drug-likeness (QED) is 0.907. The normalized spacial score (nSPS) is 20.3. The molecule has 4 nitrogen and oxygen atoms in total. The third-order valence-electron chi connectivity index (χ3n) is 4.13. The Bertz CT molecular complexity index is 633. The van der Waals surface area contributed by atoms with Crippen molar-refractivity contribution in [3.63, 3.8) is 0 Å². The summed E-state index contributed by atoms with van der Waals surface area (Å²) in [4.78, 5) is 18.9. The lowest BCUT2D eigenvalue weighted by molar-refractivity contribution is 0.0788. The van der Waals surface area contributed by atoms with Gasteiger partial charge in [0, 0.05) is 36.3 Å². The number of rotatable bonds is 2. The summed E-state index contributed by atoms with van der Waals surface area (Å²) in [5.41, 5.74) is 7.54. The molecule has 1 aliphatic heterocycles. The number of carbonyl (C=O) groups excluding carboxylic acids is 1.